The molecule has 1 aliphatic heterocycles. The zero-order valence-electron chi connectivity index (χ0n) is 16.3. The monoisotopic (exact) mass is 477 g/mol. The van der Waals surface area contributed by atoms with Crippen molar-refractivity contribution in [3.63, 3.8) is 0 Å². The van der Waals surface area contributed by atoms with Crippen LogP contribution in [0.4, 0.5) is 0 Å². The van der Waals surface area contributed by atoms with Gasteiger partial charge in [0.25, 0.3) is 0 Å². The van der Waals surface area contributed by atoms with Crippen molar-refractivity contribution in [2.24, 2.45) is 0 Å². The Morgan fingerprint density at radius 2 is 2.07 bits per heavy atom. The summed E-state index contributed by atoms with van der Waals surface area (Å²) in [6.07, 6.45) is 3.90. The maximum Gasteiger partial charge on any atom is 0.240 e. The second kappa shape index (κ2) is 9.69. The van der Waals surface area contributed by atoms with Crippen molar-refractivity contribution in [2.45, 2.75) is 32.4 Å². The predicted octanol–water partition coefficient (Wildman–Crippen LogP) is 3.88. The van der Waals surface area contributed by atoms with Gasteiger partial charge in [-0.2, -0.15) is 0 Å². The number of imidazole rings is 1. The van der Waals surface area contributed by atoms with Crippen LogP contribution < -0.4 is 5.32 Å². The molecule has 1 aromatic carbocycles. The quantitative estimate of drug-likeness (QED) is 0.604. The SMILES string of the molecule is CCN1CCCC(NC(=O)Cn2c(-c3ccc(Br)cc3)nc3cccnc32)C1.Cl. The molecule has 1 saturated heterocycles. The molecule has 154 valence electrons. The van der Waals surface area contributed by atoms with E-state index in [1.165, 1.54) is 0 Å². The van der Waals surface area contributed by atoms with Gasteiger partial charge in [0.15, 0.2) is 5.65 Å². The summed E-state index contributed by atoms with van der Waals surface area (Å²) in [7, 11) is 0. The Kier molecular flexibility index (Phi) is 7.27. The first-order chi connectivity index (χ1) is 13.6. The number of amides is 1. The van der Waals surface area contributed by atoms with Gasteiger partial charge in [0, 0.05) is 28.8 Å². The average molecular weight is 479 g/mol. The maximum absolute atomic E-state index is 12.8. The Morgan fingerprint density at radius 3 is 2.83 bits per heavy atom. The summed E-state index contributed by atoms with van der Waals surface area (Å²) in [5, 5.41) is 3.21. The molecule has 0 aliphatic carbocycles. The third kappa shape index (κ3) is 4.97. The van der Waals surface area contributed by atoms with Crippen LogP contribution in [0.15, 0.2) is 47.1 Å². The van der Waals surface area contributed by atoms with Gasteiger partial charge in [0.1, 0.15) is 17.9 Å². The van der Waals surface area contributed by atoms with E-state index in [0.717, 1.165) is 59.5 Å². The summed E-state index contributed by atoms with van der Waals surface area (Å²) in [5.74, 6) is 0.765. The third-order valence-corrected chi connectivity index (χ3v) is 5.75. The lowest BCUT2D eigenvalue weighted by molar-refractivity contribution is -0.122. The maximum atomic E-state index is 12.8. The van der Waals surface area contributed by atoms with Gasteiger partial charge < -0.3 is 10.2 Å². The van der Waals surface area contributed by atoms with Crippen molar-refractivity contribution in [1.82, 2.24) is 24.8 Å². The number of fused-ring (bicyclic) bond motifs is 1. The number of hydrogen-bond acceptors (Lipinski definition) is 4. The van der Waals surface area contributed by atoms with Gasteiger partial charge in [0.2, 0.25) is 5.91 Å². The number of hydrogen-bond donors (Lipinski definition) is 1. The molecule has 1 unspecified atom stereocenters. The van der Waals surface area contributed by atoms with E-state index in [0.29, 0.717) is 0 Å². The number of likely N-dealkylation sites (N-methyl/N-ethyl adjacent to an activating group) is 1. The second-order valence-electron chi connectivity index (χ2n) is 7.17. The van der Waals surface area contributed by atoms with Crippen molar-refractivity contribution in [3.05, 3.63) is 47.1 Å². The molecular formula is C21H25BrClN5O. The summed E-state index contributed by atoms with van der Waals surface area (Å²) < 4.78 is 2.92. The highest BCUT2D eigenvalue weighted by Gasteiger charge is 2.22. The number of halogens is 2. The topological polar surface area (TPSA) is 63.1 Å². The number of piperidine rings is 1. The van der Waals surface area contributed by atoms with E-state index in [-0.39, 0.29) is 30.9 Å². The standard InChI is InChI=1S/C21H24BrN5O.ClH/c1-2-26-12-4-5-17(13-26)24-19(28)14-27-20(15-7-9-16(22)10-8-15)25-18-6-3-11-23-21(18)27;/h3,6-11,17H,2,4-5,12-14H2,1H3,(H,24,28);1H. The van der Waals surface area contributed by atoms with Crippen LogP contribution in [0.25, 0.3) is 22.6 Å². The summed E-state index contributed by atoms with van der Waals surface area (Å²) in [4.78, 5) is 24.4. The Bertz CT molecular complexity index is 975. The number of nitrogens with zero attached hydrogens (tertiary/aromatic N) is 4. The van der Waals surface area contributed by atoms with Crippen molar-refractivity contribution in [2.75, 3.05) is 19.6 Å². The minimum absolute atomic E-state index is 0. The molecule has 29 heavy (non-hydrogen) atoms. The third-order valence-electron chi connectivity index (χ3n) is 5.23. The predicted molar refractivity (Wildman–Crippen MR) is 121 cm³/mol. The molecule has 0 radical (unpaired) electrons. The Balaban J connectivity index is 0.00000240. The lowest BCUT2D eigenvalue weighted by Crippen LogP contribution is -2.48. The van der Waals surface area contributed by atoms with E-state index in [1.54, 1.807) is 6.20 Å². The molecule has 0 spiro atoms. The summed E-state index contributed by atoms with van der Waals surface area (Å²) in [5.41, 5.74) is 2.49. The van der Waals surface area contributed by atoms with Crippen LogP contribution in [0.5, 0.6) is 0 Å². The molecule has 0 bridgehead atoms. The van der Waals surface area contributed by atoms with Gasteiger partial charge in [-0.05, 0) is 50.2 Å². The molecule has 3 heterocycles. The zero-order valence-corrected chi connectivity index (χ0v) is 18.7. The molecule has 6 nitrogen and oxygen atoms in total. The van der Waals surface area contributed by atoms with E-state index < -0.39 is 0 Å². The molecule has 1 aliphatic rings. The Hall–Kier alpha value is -1.96. The highest BCUT2D eigenvalue weighted by molar-refractivity contribution is 9.10. The number of carbonyl (C=O) groups excluding carboxylic acids is 1. The fourth-order valence-electron chi connectivity index (χ4n) is 3.81. The molecule has 0 saturated carbocycles. The first-order valence-electron chi connectivity index (χ1n) is 9.73. The van der Waals surface area contributed by atoms with Gasteiger partial charge in [0.05, 0.1) is 0 Å². The molecule has 3 aromatic rings. The normalized spacial score (nSPS) is 17.1. The van der Waals surface area contributed by atoms with Crippen LogP contribution in [0.2, 0.25) is 0 Å². The molecule has 1 atom stereocenters. The minimum atomic E-state index is 0. The Morgan fingerprint density at radius 1 is 1.28 bits per heavy atom. The molecule has 1 N–H and O–H groups in total. The highest BCUT2D eigenvalue weighted by atomic mass is 79.9. The van der Waals surface area contributed by atoms with Crippen molar-refractivity contribution < 1.29 is 4.79 Å². The van der Waals surface area contributed by atoms with Crippen molar-refractivity contribution in [1.29, 1.82) is 0 Å². The van der Waals surface area contributed by atoms with Crippen LogP contribution >= 0.6 is 28.3 Å². The number of rotatable bonds is 5. The molecule has 1 amide bonds. The lowest BCUT2D eigenvalue weighted by atomic mass is 10.1. The number of likely N-dealkylation sites (tertiary alicyclic amines) is 1. The summed E-state index contributed by atoms with van der Waals surface area (Å²) in [6, 6.07) is 12.0. The molecule has 1 fully saturated rings. The van der Waals surface area contributed by atoms with E-state index >= 15 is 0 Å². The van der Waals surface area contributed by atoms with Crippen LogP contribution in [-0.2, 0) is 11.3 Å². The van der Waals surface area contributed by atoms with Gasteiger partial charge in [-0.3, -0.25) is 9.36 Å². The van der Waals surface area contributed by atoms with Gasteiger partial charge >= 0.3 is 0 Å². The van der Waals surface area contributed by atoms with E-state index in [2.05, 4.69) is 38.1 Å². The molecule has 4 rings (SSSR count). The summed E-state index contributed by atoms with van der Waals surface area (Å²) >= 11 is 3.47. The number of aromatic nitrogens is 3. The lowest BCUT2D eigenvalue weighted by Gasteiger charge is -2.32. The first kappa shape index (κ1) is 21.7. The minimum Gasteiger partial charge on any atom is -0.351 e. The number of pyridine rings is 1. The van der Waals surface area contributed by atoms with E-state index in [9.17, 15) is 4.79 Å². The van der Waals surface area contributed by atoms with Crippen LogP contribution in [0.3, 0.4) is 0 Å². The molecule has 2 aromatic heterocycles. The van der Waals surface area contributed by atoms with E-state index in [1.807, 2.05) is 41.0 Å². The second-order valence-corrected chi connectivity index (χ2v) is 8.09. The van der Waals surface area contributed by atoms with Crippen LogP contribution in [0.1, 0.15) is 19.8 Å². The fraction of sp³-hybridized carbons (Fsp3) is 0.381. The van der Waals surface area contributed by atoms with Crippen LogP contribution in [-0.4, -0.2) is 51.0 Å². The fourth-order valence-corrected chi connectivity index (χ4v) is 4.07. The number of carbonyl (C=O) groups is 1. The van der Waals surface area contributed by atoms with Gasteiger partial charge in [-0.25, -0.2) is 9.97 Å². The smallest absolute Gasteiger partial charge is 0.240 e. The van der Waals surface area contributed by atoms with Gasteiger partial charge in [-0.15, -0.1) is 12.4 Å². The zero-order chi connectivity index (χ0) is 19.5. The number of nitrogens with one attached hydrogen (secondary N) is 1. The van der Waals surface area contributed by atoms with E-state index in [4.69, 9.17) is 4.98 Å². The van der Waals surface area contributed by atoms with Crippen molar-refractivity contribution in [3.8, 4) is 11.4 Å². The molecular weight excluding hydrogens is 454 g/mol. The first-order valence-corrected chi connectivity index (χ1v) is 10.5. The Labute approximate surface area is 185 Å². The highest BCUT2D eigenvalue weighted by Crippen LogP contribution is 2.25. The molecule has 8 heteroatoms. The summed E-state index contributed by atoms with van der Waals surface area (Å²) in [6.45, 7) is 5.44. The average Bonchev–Trinajstić information content (AvgIpc) is 3.07. The largest absolute Gasteiger partial charge is 0.351 e. The van der Waals surface area contributed by atoms with Gasteiger partial charge in [-0.1, -0.05) is 35.0 Å². The van der Waals surface area contributed by atoms with Crippen LogP contribution in [0, 0.1) is 0 Å². The number of benzene rings is 1. The van der Waals surface area contributed by atoms with Crippen molar-refractivity contribution >= 4 is 45.4 Å².